The number of anilines is 2. The molecule has 0 aliphatic rings. The molecule has 134 valence electrons. The van der Waals surface area contributed by atoms with Gasteiger partial charge in [-0.25, -0.2) is 4.68 Å². The number of esters is 1. The number of ether oxygens (including phenoxy) is 2. The van der Waals surface area contributed by atoms with Crippen LogP contribution in [0.3, 0.4) is 0 Å². The van der Waals surface area contributed by atoms with Gasteiger partial charge in [0.25, 0.3) is 0 Å². The first-order valence-electron chi connectivity index (χ1n) is 8.39. The lowest BCUT2D eigenvalue weighted by atomic mass is 10.1. The summed E-state index contributed by atoms with van der Waals surface area (Å²) in [4.78, 5) is 11.5. The quantitative estimate of drug-likeness (QED) is 0.657. The Bertz CT molecular complexity index is 855. The maximum Gasteiger partial charge on any atom is 0.310 e. The Kier molecular flexibility index (Phi) is 5.53. The van der Waals surface area contributed by atoms with Gasteiger partial charge in [0.1, 0.15) is 5.75 Å². The zero-order valence-electron chi connectivity index (χ0n) is 14.8. The van der Waals surface area contributed by atoms with Crippen LogP contribution < -0.4 is 10.1 Å². The van der Waals surface area contributed by atoms with E-state index in [0.717, 1.165) is 28.5 Å². The monoisotopic (exact) mass is 351 g/mol. The number of hydrogen-bond donors (Lipinski definition) is 1. The highest BCUT2D eigenvalue weighted by Gasteiger charge is 2.06. The molecule has 0 atom stereocenters. The van der Waals surface area contributed by atoms with Gasteiger partial charge in [-0.1, -0.05) is 12.1 Å². The standard InChI is InChI=1S/C20H21N3O3/c1-3-26-20(24)14-15-4-8-17(9-5-15)23-13-12-19(22-23)21-16-6-10-18(25-2)11-7-16/h4-13H,3,14H2,1-2H3,(H,21,22). The van der Waals surface area contributed by atoms with Crippen LogP contribution >= 0.6 is 0 Å². The van der Waals surface area contributed by atoms with E-state index in [1.807, 2.05) is 60.8 Å². The molecule has 0 saturated heterocycles. The minimum absolute atomic E-state index is 0.217. The topological polar surface area (TPSA) is 65.4 Å². The third-order valence-corrected chi connectivity index (χ3v) is 3.81. The van der Waals surface area contributed by atoms with Gasteiger partial charge in [0.05, 0.1) is 25.8 Å². The summed E-state index contributed by atoms with van der Waals surface area (Å²) in [5.74, 6) is 1.33. The van der Waals surface area contributed by atoms with Crippen LogP contribution in [0.15, 0.2) is 60.8 Å². The Morgan fingerprint density at radius 2 is 1.81 bits per heavy atom. The van der Waals surface area contributed by atoms with E-state index in [-0.39, 0.29) is 12.4 Å². The molecule has 0 amide bonds. The van der Waals surface area contributed by atoms with Crippen LogP contribution in [0.25, 0.3) is 5.69 Å². The molecule has 0 saturated carbocycles. The van der Waals surface area contributed by atoms with Crippen LogP contribution in [0.5, 0.6) is 5.75 Å². The Hall–Kier alpha value is -3.28. The third-order valence-electron chi connectivity index (χ3n) is 3.81. The smallest absolute Gasteiger partial charge is 0.310 e. The van der Waals surface area contributed by atoms with Crippen LogP contribution in [0.1, 0.15) is 12.5 Å². The molecule has 3 aromatic rings. The zero-order chi connectivity index (χ0) is 18.4. The number of methoxy groups -OCH3 is 1. The number of hydrogen-bond acceptors (Lipinski definition) is 5. The largest absolute Gasteiger partial charge is 0.497 e. The highest BCUT2D eigenvalue weighted by Crippen LogP contribution is 2.19. The van der Waals surface area contributed by atoms with Gasteiger partial charge in [-0.05, 0) is 48.9 Å². The maximum atomic E-state index is 11.5. The summed E-state index contributed by atoms with van der Waals surface area (Å²) < 4.78 is 11.9. The van der Waals surface area contributed by atoms with Crippen LogP contribution in [0.4, 0.5) is 11.5 Å². The fraction of sp³-hybridized carbons (Fsp3) is 0.200. The highest BCUT2D eigenvalue weighted by molar-refractivity contribution is 5.72. The molecule has 0 aliphatic carbocycles. The van der Waals surface area contributed by atoms with Crippen molar-refractivity contribution in [3.8, 4) is 11.4 Å². The number of nitrogens with one attached hydrogen (secondary N) is 1. The SMILES string of the molecule is CCOC(=O)Cc1ccc(-n2ccc(Nc3ccc(OC)cc3)n2)cc1. The van der Waals surface area contributed by atoms with Crippen molar-refractivity contribution in [3.63, 3.8) is 0 Å². The van der Waals surface area contributed by atoms with E-state index in [4.69, 9.17) is 9.47 Å². The summed E-state index contributed by atoms with van der Waals surface area (Å²) >= 11 is 0. The molecular formula is C20H21N3O3. The summed E-state index contributed by atoms with van der Waals surface area (Å²) in [5.41, 5.74) is 2.76. The van der Waals surface area contributed by atoms with Crippen molar-refractivity contribution in [1.29, 1.82) is 0 Å². The van der Waals surface area contributed by atoms with Crippen molar-refractivity contribution < 1.29 is 14.3 Å². The fourth-order valence-electron chi connectivity index (χ4n) is 2.50. The molecule has 0 spiro atoms. The van der Waals surface area contributed by atoms with Gasteiger partial charge in [0, 0.05) is 18.0 Å². The van der Waals surface area contributed by atoms with E-state index in [2.05, 4.69) is 10.4 Å². The molecule has 26 heavy (non-hydrogen) atoms. The van der Waals surface area contributed by atoms with Gasteiger partial charge < -0.3 is 14.8 Å². The van der Waals surface area contributed by atoms with Crippen LogP contribution in [0.2, 0.25) is 0 Å². The van der Waals surface area contributed by atoms with Gasteiger partial charge in [0.2, 0.25) is 0 Å². The molecule has 0 bridgehead atoms. The summed E-state index contributed by atoms with van der Waals surface area (Å²) in [7, 11) is 1.64. The van der Waals surface area contributed by atoms with Crippen molar-refractivity contribution in [3.05, 3.63) is 66.4 Å². The summed E-state index contributed by atoms with van der Waals surface area (Å²) in [6.45, 7) is 2.20. The molecule has 3 rings (SSSR count). The predicted octanol–water partition coefficient (Wildman–Crippen LogP) is 3.73. The van der Waals surface area contributed by atoms with E-state index >= 15 is 0 Å². The van der Waals surface area contributed by atoms with Crippen molar-refractivity contribution in [2.45, 2.75) is 13.3 Å². The average molecular weight is 351 g/mol. The van der Waals surface area contributed by atoms with E-state index in [9.17, 15) is 4.79 Å². The summed E-state index contributed by atoms with van der Waals surface area (Å²) in [5, 5.41) is 7.77. The Labute approximate surface area is 152 Å². The molecule has 6 heteroatoms. The van der Waals surface area contributed by atoms with Gasteiger partial charge in [-0.15, -0.1) is 0 Å². The number of nitrogens with zero attached hydrogens (tertiary/aromatic N) is 2. The van der Waals surface area contributed by atoms with E-state index in [0.29, 0.717) is 6.61 Å². The second-order valence-corrected chi connectivity index (χ2v) is 5.65. The minimum Gasteiger partial charge on any atom is -0.497 e. The minimum atomic E-state index is -0.217. The van der Waals surface area contributed by atoms with Crippen molar-refractivity contribution in [2.75, 3.05) is 19.0 Å². The van der Waals surface area contributed by atoms with Crippen LogP contribution in [0, 0.1) is 0 Å². The lowest BCUT2D eigenvalue weighted by Gasteiger charge is -2.06. The lowest BCUT2D eigenvalue weighted by Crippen LogP contribution is -2.07. The molecule has 0 radical (unpaired) electrons. The van der Waals surface area contributed by atoms with Crippen molar-refractivity contribution in [2.24, 2.45) is 0 Å². The number of carbonyl (C=O) groups excluding carboxylic acids is 1. The fourth-order valence-corrected chi connectivity index (χ4v) is 2.50. The molecule has 0 aliphatic heterocycles. The first kappa shape index (κ1) is 17.5. The third kappa shape index (κ3) is 4.42. The average Bonchev–Trinajstić information content (AvgIpc) is 3.11. The normalized spacial score (nSPS) is 10.4. The van der Waals surface area contributed by atoms with Gasteiger partial charge in [-0.2, -0.15) is 5.10 Å². The zero-order valence-corrected chi connectivity index (χ0v) is 14.8. The molecule has 1 N–H and O–H groups in total. The second-order valence-electron chi connectivity index (χ2n) is 5.65. The van der Waals surface area contributed by atoms with Gasteiger partial charge in [-0.3, -0.25) is 4.79 Å². The molecule has 0 fully saturated rings. The molecular weight excluding hydrogens is 330 g/mol. The highest BCUT2D eigenvalue weighted by atomic mass is 16.5. The number of carbonyl (C=O) groups is 1. The van der Waals surface area contributed by atoms with Crippen LogP contribution in [-0.2, 0) is 16.0 Å². The van der Waals surface area contributed by atoms with E-state index in [1.54, 1.807) is 18.7 Å². The summed E-state index contributed by atoms with van der Waals surface area (Å²) in [6.07, 6.45) is 2.16. The summed E-state index contributed by atoms with van der Waals surface area (Å²) in [6, 6.07) is 17.2. The second kappa shape index (κ2) is 8.20. The van der Waals surface area contributed by atoms with Crippen LogP contribution in [-0.4, -0.2) is 29.5 Å². The van der Waals surface area contributed by atoms with E-state index < -0.39 is 0 Å². The van der Waals surface area contributed by atoms with E-state index in [1.165, 1.54) is 0 Å². The first-order valence-corrected chi connectivity index (χ1v) is 8.39. The Balaban J connectivity index is 1.66. The lowest BCUT2D eigenvalue weighted by molar-refractivity contribution is -0.142. The first-order chi connectivity index (χ1) is 12.7. The number of benzene rings is 2. The Morgan fingerprint density at radius 3 is 2.46 bits per heavy atom. The number of rotatable bonds is 7. The molecule has 1 heterocycles. The predicted molar refractivity (Wildman–Crippen MR) is 100 cm³/mol. The van der Waals surface area contributed by atoms with Gasteiger partial charge in [0.15, 0.2) is 5.82 Å². The molecule has 1 aromatic heterocycles. The van der Waals surface area contributed by atoms with Gasteiger partial charge >= 0.3 is 5.97 Å². The van der Waals surface area contributed by atoms with Crippen molar-refractivity contribution in [1.82, 2.24) is 9.78 Å². The molecule has 6 nitrogen and oxygen atoms in total. The molecule has 0 unspecified atom stereocenters. The number of aromatic nitrogens is 2. The molecule has 2 aromatic carbocycles. The Morgan fingerprint density at radius 1 is 1.08 bits per heavy atom. The van der Waals surface area contributed by atoms with Crippen molar-refractivity contribution >= 4 is 17.5 Å². The maximum absolute atomic E-state index is 11.5.